The number of rotatable bonds is 5. The predicted molar refractivity (Wildman–Crippen MR) is 110 cm³/mol. The standard InChI is InChI=1S/C24H27NO3.ClH/c1-25-18-12-13-19(25)16-20(15-18)28-24(26)22(14-17-8-4-3-5-9-17)21-10-6-7-11-23(21)27-2;/h3-11,14,18-20H,12-13,15-16H2,1-2H3;1H/b22-14+;. The molecule has 2 aromatic carbocycles. The Hall–Kier alpha value is -2.30. The van der Waals surface area contributed by atoms with Crippen molar-refractivity contribution in [1.82, 2.24) is 0 Å². The lowest BCUT2D eigenvalue weighted by atomic mass is 9.99. The lowest BCUT2D eigenvalue weighted by molar-refractivity contribution is -0.923. The number of methoxy groups -OCH3 is 1. The Morgan fingerprint density at radius 1 is 1.00 bits per heavy atom. The molecule has 2 unspecified atom stereocenters. The van der Waals surface area contributed by atoms with Crippen LogP contribution >= 0.6 is 0 Å². The second-order valence-corrected chi connectivity index (χ2v) is 7.88. The summed E-state index contributed by atoms with van der Waals surface area (Å²) in [5, 5.41) is 0. The molecular formula is C24H28ClNO3. The van der Waals surface area contributed by atoms with Crippen molar-refractivity contribution in [3.8, 4) is 5.75 Å². The molecular weight excluding hydrogens is 386 g/mol. The van der Waals surface area contributed by atoms with Gasteiger partial charge >= 0.3 is 5.97 Å². The predicted octanol–water partition coefficient (Wildman–Crippen LogP) is -0.00890. The third kappa shape index (κ3) is 4.65. The third-order valence-electron chi connectivity index (χ3n) is 6.25. The average molecular weight is 414 g/mol. The highest BCUT2D eigenvalue weighted by molar-refractivity contribution is 6.22. The lowest BCUT2D eigenvalue weighted by Gasteiger charge is -2.33. The molecule has 4 nitrogen and oxygen atoms in total. The molecule has 2 aromatic rings. The first-order valence-corrected chi connectivity index (χ1v) is 10.1. The number of hydrogen-bond acceptors (Lipinski definition) is 3. The molecule has 29 heavy (non-hydrogen) atoms. The van der Waals surface area contributed by atoms with Gasteiger partial charge in [0.15, 0.2) is 0 Å². The SMILES string of the molecule is COc1ccccc1/C(=C\c1ccccc1)C(=O)OC1CC2CCC(C1)[NH+]2C.[Cl-]. The van der Waals surface area contributed by atoms with E-state index in [9.17, 15) is 4.79 Å². The Kier molecular flexibility index (Phi) is 6.99. The fourth-order valence-electron chi connectivity index (χ4n) is 4.67. The van der Waals surface area contributed by atoms with Gasteiger partial charge in [0, 0.05) is 31.2 Å². The molecule has 154 valence electrons. The molecule has 4 rings (SSSR count). The average Bonchev–Trinajstić information content (AvgIpc) is 2.93. The molecule has 0 amide bonds. The molecule has 0 aliphatic carbocycles. The van der Waals surface area contributed by atoms with Gasteiger partial charge in [0.05, 0.1) is 31.8 Å². The van der Waals surface area contributed by atoms with Crippen LogP contribution in [0.15, 0.2) is 54.6 Å². The van der Waals surface area contributed by atoms with Crippen molar-refractivity contribution in [2.24, 2.45) is 0 Å². The third-order valence-corrected chi connectivity index (χ3v) is 6.25. The van der Waals surface area contributed by atoms with Crippen LogP contribution in [0, 0.1) is 0 Å². The molecule has 0 aromatic heterocycles. The summed E-state index contributed by atoms with van der Waals surface area (Å²) in [4.78, 5) is 14.9. The maximum atomic E-state index is 13.2. The number of para-hydroxylation sites is 1. The summed E-state index contributed by atoms with van der Waals surface area (Å²) in [5.41, 5.74) is 2.27. The van der Waals surface area contributed by atoms with E-state index in [1.807, 2.05) is 60.7 Å². The van der Waals surface area contributed by atoms with Crippen LogP contribution in [0.1, 0.15) is 36.8 Å². The molecule has 2 heterocycles. The molecule has 2 atom stereocenters. The second-order valence-electron chi connectivity index (χ2n) is 7.88. The molecule has 0 radical (unpaired) electrons. The smallest absolute Gasteiger partial charge is 0.339 e. The minimum absolute atomic E-state index is 0. The summed E-state index contributed by atoms with van der Waals surface area (Å²) in [7, 11) is 3.90. The number of benzene rings is 2. The highest BCUT2D eigenvalue weighted by Gasteiger charge is 2.43. The number of hydrogen-bond donors (Lipinski definition) is 1. The number of nitrogens with one attached hydrogen (secondary N) is 1. The van der Waals surface area contributed by atoms with Gasteiger partial charge in [0.2, 0.25) is 0 Å². The van der Waals surface area contributed by atoms with Gasteiger partial charge in [-0.2, -0.15) is 0 Å². The van der Waals surface area contributed by atoms with Crippen molar-refractivity contribution in [1.29, 1.82) is 0 Å². The molecule has 1 N–H and O–H groups in total. The fourth-order valence-corrected chi connectivity index (χ4v) is 4.67. The molecule has 0 spiro atoms. The van der Waals surface area contributed by atoms with Crippen LogP contribution in [0.4, 0.5) is 0 Å². The molecule has 2 fully saturated rings. The van der Waals surface area contributed by atoms with Crippen LogP contribution in [-0.2, 0) is 9.53 Å². The van der Waals surface area contributed by atoms with Gasteiger partial charge in [-0.05, 0) is 17.7 Å². The normalized spacial score (nSPS) is 25.8. The van der Waals surface area contributed by atoms with E-state index in [1.165, 1.54) is 12.8 Å². The van der Waals surface area contributed by atoms with Crippen molar-refractivity contribution >= 4 is 17.6 Å². The summed E-state index contributed by atoms with van der Waals surface area (Å²) in [6, 6.07) is 18.7. The number of halogens is 1. The van der Waals surface area contributed by atoms with Crippen LogP contribution < -0.4 is 22.0 Å². The molecule has 5 heteroatoms. The first-order valence-electron chi connectivity index (χ1n) is 10.1. The molecule has 2 bridgehead atoms. The van der Waals surface area contributed by atoms with E-state index in [4.69, 9.17) is 9.47 Å². The van der Waals surface area contributed by atoms with Crippen LogP contribution in [-0.4, -0.2) is 38.3 Å². The minimum Gasteiger partial charge on any atom is -1.00 e. The second kappa shape index (κ2) is 9.47. The van der Waals surface area contributed by atoms with Crippen molar-refractivity contribution in [2.45, 2.75) is 43.9 Å². The topological polar surface area (TPSA) is 40.0 Å². The Bertz CT molecular complexity index is 853. The van der Waals surface area contributed by atoms with Gasteiger partial charge in [0.1, 0.15) is 11.9 Å². The Morgan fingerprint density at radius 3 is 2.28 bits per heavy atom. The van der Waals surface area contributed by atoms with Crippen LogP contribution in [0.5, 0.6) is 5.75 Å². The number of carbonyl (C=O) groups is 1. The lowest BCUT2D eigenvalue weighted by Crippen LogP contribution is -3.15. The Morgan fingerprint density at radius 2 is 1.62 bits per heavy atom. The number of carbonyl (C=O) groups excluding carboxylic acids is 1. The van der Waals surface area contributed by atoms with E-state index < -0.39 is 0 Å². The van der Waals surface area contributed by atoms with E-state index in [1.54, 1.807) is 12.0 Å². The van der Waals surface area contributed by atoms with Crippen LogP contribution in [0.3, 0.4) is 0 Å². The van der Waals surface area contributed by atoms with Crippen molar-refractivity contribution < 1.29 is 31.6 Å². The van der Waals surface area contributed by atoms with Gasteiger partial charge in [-0.25, -0.2) is 4.79 Å². The van der Waals surface area contributed by atoms with E-state index in [0.717, 1.165) is 24.0 Å². The highest BCUT2D eigenvalue weighted by Crippen LogP contribution is 2.31. The zero-order valence-electron chi connectivity index (χ0n) is 16.9. The van der Waals surface area contributed by atoms with E-state index in [2.05, 4.69) is 7.05 Å². The van der Waals surface area contributed by atoms with Crippen molar-refractivity contribution in [2.75, 3.05) is 14.2 Å². The number of ether oxygens (including phenoxy) is 2. The summed E-state index contributed by atoms with van der Waals surface area (Å²) < 4.78 is 11.5. The van der Waals surface area contributed by atoms with E-state index in [-0.39, 0.29) is 24.5 Å². The molecule has 2 saturated heterocycles. The van der Waals surface area contributed by atoms with Gasteiger partial charge < -0.3 is 26.8 Å². The summed E-state index contributed by atoms with van der Waals surface area (Å²) in [6.07, 6.45) is 6.29. The summed E-state index contributed by atoms with van der Waals surface area (Å²) in [5.74, 6) is 0.409. The van der Waals surface area contributed by atoms with Crippen LogP contribution in [0.2, 0.25) is 0 Å². The van der Waals surface area contributed by atoms with Gasteiger partial charge in [-0.15, -0.1) is 0 Å². The zero-order chi connectivity index (χ0) is 19.5. The van der Waals surface area contributed by atoms with E-state index >= 15 is 0 Å². The fraction of sp³-hybridized carbons (Fsp3) is 0.375. The molecule has 2 aliphatic heterocycles. The zero-order valence-corrected chi connectivity index (χ0v) is 17.7. The Labute approximate surface area is 178 Å². The van der Waals surface area contributed by atoms with Gasteiger partial charge in [-0.3, -0.25) is 0 Å². The summed E-state index contributed by atoms with van der Waals surface area (Å²) in [6.45, 7) is 0. The number of fused-ring (bicyclic) bond motifs is 2. The van der Waals surface area contributed by atoms with E-state index in [0.29, 0.717) is 23.4 Å². The molecule has 2 aliphatic rings. The number of esters is 1. The van der Waals surface area contributed by atoms with Gasteiger partial charge in [-0.1, -0.05) is 48.5 Å². The highest BCUT2D eigenvalue weighted by atomic mass is 35.5. The monoisotopic (exact) mass is 413 g/mol. The first kappa shape index (κ1) is 21.4. The molecule has 0 saturated carbocycles. The number of piperidine rings is 1. The van der Waals surface area contributed by atoms with Gasteiger partial charge in [0.25, 0.3) is 0 Å². The first-order chi connectivity index (χ1) is 13.7. The van der Waals surface area contributed by atoms with Crippen molar-refractivity contribution in [3.05, 3.63) is 65.7 Å². The maximum Gasteiger partial charge on any atom is 0.339 e. The van der Waals surface area contributed by atoms with Crippen LogP contribution in [0.25, 0.3) is 11.6 Å². The maximum absolute atomic E-state index is 13.2. The quantitative estimate of drug-likeness (QED) is 0.426. The summed E-state index contributed by atoms with van der Waals surface area (Å²) >= 11 is 0. The van der Waals surface area contributed by atoms with Crippen molar-refractivity contribution in [3.63, 3.8) is 0 Å². The largest absolute Gasteiger partial charge is 1.00 e. The number of quaternary nitrogens is 1. The Balaban J connectivity index is 0.00000240. The minimum atomic E-state index is -0.266.